The van der Waals surface area contributed by atoms with Gasteiger partial charge in [0, 0.05) is 69.6 Å². The Morgan fingerprint density at radius 2 is 2.26 bits per heavy atom. The van der Waals surface area contributed by atoms with Gasteiger partial charge in [-0.1, -0.05) is 0 Å². The fourth-order valence-corrected chi connectivity index (χ4v) is 2.87. The van der Waals surface area contributed by atoms with E-state index in [1.807, 2.05) is 13.1 Å². The van der Waals surface area contributed by atoms with Crippen molar-refractivity contribution in [3.8, 4) is 0 Å². The lowest BCUT2D eigenvalue weighted by Gasteiger charge is -2.35. The van der Waals surface area contributed by atoms with Gasteiger partial charge in [-0.05, 0) is 6.92 Å². The zero-order chi connectivity index (χ0) is 13.1. The van der Waals surface area contributed by atoms with Crippen molar-refractivity contribution in [2.24, 2.45) is 0 Å². The van der Waals surface area contributed by atoms with Gasteiger partial charge in [0.2, 0.25) is 0 Å². The van der Waals surface area contributed by atoms with Gasteiger partial charge >= 0.3 is 0 Å². The Hall–Kier alpha value is -1.04. The number of ether oxygens (including phenoxy) is 2. The second-order valence-corrected chi connectivity index (χ2v) is 5.13. The van der Waals surface area contributed by atoms with Crippen LogP contribution >= 0.6 is 0 Å². The van der Waals surface area contributed by atoms with Gasteiger partial charge in [0.15, 0.2) is 5.82 Å². The first-order chi connectivity index (χ1) is 9.34. The molecule has 104 valence electrons. The Labute approximate surface area is 113 Å². The van der Waals surface area contributed by atoms with Crippen molar-refractivity contribution in [2.45, 2.75) is 38.3 Å². The van der Waals surface area contributed by atoms with Gasteiger partial charge in [0.25, 0.3) is 0 Å². The SMILES string of the molecule is CCOC1(c2ncc3c(n2)CCNC3)CCOCC1. The van der Waals surface area contributed by atoms with Crippen LogP contribution in [-0.4, -0.2) is 36.3 Å². The third-order valence-corrected chi connectivity index (χ3v) is 3.94. The summed E-state index contributed by atoms with van der Waals surface area (Å²) in [5.74, 6) is 0.846. The van der Waals surface area contributed by atoms with Crippen LogP contribution in [0.5, 0.6) is 0 Å². The zero-order valence-electron chi connectivity index (χ0n) is 11.4. The van der Waals surface area contributed by atoms with Crippen molar-refractivity contribution >= 4 is 0 Å². The molecular weight excluding hydrogens is 242 g/mol. The van der Waals surface area contributed by atoms with Crippen LogP contribution in [0.25, 0.3) is 0 Å². The summed E-state index contributed by atoms with van der Waals surface area (Å²) >= 11 is 0. The molecule has 0 saturated carbocycles. The van der Waals surface area contributed by atoms with E-state index in [-0.39, 0.29) is 5.60 Å². The molecule has 1 aromatic rings. The number of nitrogens with one attached hydrogen (secondary N) is 1. The molecule has 0 bridgehead atoms. The third-order valence-electron chi connectivity index (χ3n) is 3.94. The predicted octanol–water partition coefficient (Wildman–Crippen LogP) is 1.16. The number of fused-ring (bicyclic) bond motifs is 1. The van der Waals surface area contributed by atoms with Crippen LogP contribution < -0.4 is 5.32 Å². The lowest BCUT2D eigenvalue weighted by molar-refractivity contribution is -0.118. The van der Waals surface area contributed by atoms with Gasteiger partial charge in [-0.25, -0.2) is 9.97 Å². The second kappa shape index (κ2) is 5.53. The van der Waals surface area contributed by atoms with Crippen LogP contribution in [-0.2, 0) is 28.0 Å². The highest BCUT2D eigenvalue weighted by molar-refractivity contribution is 5.22. The lowest BCUT2D eigenvalue weighted by atomic mass is 9.92. The number of rotatable bonds is 3. The Morgan fingerprint density at radius 1 is 1.42 bits per heavy atom. The molecule has 2 aliphatic heterocycles. The zero-order valence-corrected chi connectivity index (χ0v) is 11.4. The monoisotopic (exact) mass is 263 g/mol. The molecule has 0 aromatic carbocycles. The molecule has 5 heteroatoms. The summed E-state index contributed by atoms with van der Waals surface area (Å²) in [6.45, 7) is 6.03. The minimum Gasteiger partial charge on any atom is -0.381 e. The number of aromatic nitrogens is 2. The summed E-state index contributed by atoms with van der Waals surface area (Å²) in [5, 5.41) is 3.34. The van der Waals surface area contributed by atoms with Gasteiger partial charge in [0.05, 0.1) is 0 Å². The molecule has 2 aliphatic rings. The first kappa shape index (κ1) is 13.0. The first-order valence-electron chi connectivity index (χ1n) is 7.12. The van der Waals surface area contributed by atoms with Gasteiger partial charge in [-0.2, -0.15) is 0 Å². The fourth-order valence-electron chi connectivity index (χ4n) is 2.87. The molecular formula is C14H21N3O2. The van der Waals surface area contributed by atoms with E-state index in [2.05, 4.69) is 10.3 Å². The van der Waals surface area contributed by atoms with Gasteiger partial charge < -0.3 is 14.8 Å². The number of hydrogen-bond donors (Lipinski definition) is 1. The third kappa shape index (κ3) is 2.50. The maximum absolute atomic E-state index is 6.03. The summed E-state index contributed by atoms with van der Waals surface area (Å²) < 4.78 is 11.5. The number of nitrogens with zero attached hydrogens (tertiary/aromatic N) is 2. The minimum absolute atomic E-state index is 0.340. The highest BCUT2D eigenvalue weighted by Crippen LogP contribution is 2.34. The number of hydrogen-bond acceptors (Lipinski definition) is 5. The summed E-state index contributed by atoms with van der Waals surface area (Å²) in [7, 11) is 0. The topological polar surface area (TPSA) is 56.3 Å². The van der Waals surface area contributed by atoms with Crippen molar-refractivity contribution in [3.05, 3.63) is 23.3 Å². The van der Waals surface area contributed by atoms with Crippen molar-refractivity contribution < 1.29 is 9.47 Å². The Kier molecular flexibility index (Phi) is 3.77. The van der Waals surface area contributed by atoms with E-state index in [1.54, 1.807) is 0 Å². The van der Waals surface area contributed by atoms with Crippen LogP contribution in [0.1, 0.15) is 36.8 Å². The molecule has 5 nitrogen and oxygen atoms in total. The quantitative estimate of drug-likeness (QED) is 0.887. The summed E-state index contributed by atoms with van der Waals surface area (Å²) in [4.78, 5) is 9.37. The van der Waals surface area contributed by atoms with E-state index >= 15 is 0 Å². The summed E-state index contributed by atoms with van der Waals surface area (Å²) in [6, 6.07) is 0. The van der Waals surface area contributed by atoms with E-state index in [1.165, 1.54) is 11.3 Å². The van der Waals surface area contributed by atoms with Crippen LogP contribution in [0.15, 0.2) is 6.20 Å². The van der Waals surface area contributed by atoms with E-state index in [4.69, 9.17) is 14.5 Å². The van der Waals surface area contributed by atoms with E-state index in [0.29, 0.717) is 6.61 Å². The smallest absolute Gasteiger partial charge is 0.160 e. The first-order valence-corrected chi connectivity index (χ1v) is 7.12. The normalized spacial score (nSPS) is 21.9. The van der Waals surface area contributed by atoms with Crippen LogP contribution in [0.4, 0.5) is 0 Å². The highest BCUT2D eigenvalue weighted by atomic mass is 16.5. The fraction of sp³-hybridized carbons (Fsp3) is 0.714. The molecule has 0 radical (unpaired) electrons. The molecule has 0 unspecified atom stereocenters. The lowest BCUT2D eigenvalue weighted by Crippen LogP contribution is -2.39. The van der Waals surface area contributed by atoms with Gasteiger partial charge in [0.1, 0.15) is 5.60 Å². The molecule has 0 spiro atoms. The Balaban J connectivity index is 1.93. The molecule has 1 saturated heterocycles. The standard InChI is InChI=1S/C14H21N3O2/c1-2-19-14(4-7-18-8-5-14)13-16-10-11-9-15-6-3-12(11)17-13/h10,15H,2-9H2,1H3. The van der Waals surface area contributed by atoms with Crippen molar-refractivity contribution in [3.63, 3.8) is 0 Å². The largest absolute Gasteiger partial charge is 0.381 e. The van der Waals surface area contributed by atoms with Crippen LogP contribution in [0.2, 0.25) is 0 Å². The van der Waals surface area contributed by atoms with Gasteiger partial charge in [-0.3, -0.25) is 0 Å². The molecule has 1 aromatic heterocycles. The van der Waals surface area contributed by atoms with E-state index in [0.717, 1.165) is 51.4 Å². The molecule has 1 N–H and O–H groups in total. The Morgan fingerprint density at radius 3 is 3.05 bits per heavy atom. The molecule has 3 heterocycles. The summed E-state index contributed by atoms with van der Waals surface area (Å²) in [6.07, 6.45) is 4.62. The minimum atomic E-state index is -0.340. The van der Waals surface area contributed by atoms with E-state index < -0.39 is 0 Å². The predicted molar refractivity (Wildman–Crippen MR) is 70.8 cm³/mol. The molecule has 0 amide bonds. The van der Waals surface area contributed by atoms with Crippen LogP contribution in [0, 0.1) is 0 Å². The average Bonchev–Trinajstić information content (AvgIpc) is 2.48. The maximum atomic E-state index is 6.03. The van der Waals surface area contributed by atoms with Gasteiger partial charge in [-0.15, -0.1) is 0 Å². The molecule has 0 aliphatic carbocycles. The summed E-state index contributed by atoms with van der Waals surface area (Å²) in [5.41, 5.74) is 2.05. The maximum Gasteiger partial charge on any atom is 0.160 e. The van der Waals surface area contributed by atoms with Crippen molar-refractivity contribution in [1.29, 1.82) is 0 Å². The molecule has 0 atom stereocenters. The van der Waals surface area contributed by atoms with E-state index in [9.17, 15) is 0 Å². The van der Waals surface area contributed by atoms with Crippen LogP contribution in [0.3, 0.4) is 0 Å². The molecule has 1 fully saturated rings. The second-order valence-electron chi connectivity index (χ2n) is 5.13. The Bertz CT molecular complexity index is 439. The highest BCUT2D eigenvalue weighted by Gasteiger charge is 2.38. The van der Waals surface area contributed by atoms with Crippen molar-refractivity contribution in [1.82, 2.24) is 15.3 Å². The molecule has 19 heavy (non-hydrogen) atoms. The van der Waals surface area contributed by atoms with Crippen molar-refractivity contribution in [2.75, 3.05) is 26.4 Å². The average molecular weight is 263 g/mol. The molecule has 3 rings (SSSR count).